The van der Waals surface area contributed by atoms with Gasteiger partial charge in [-0.05, 0) is 26.0 Å². The lowest BCUT2D eigenvalue weighted by Gasteiger charge is -2.31. The molecule has 2 aromatic heterocycles. The number of methoxy groups -OCH3 is 1. The van der Waals surface area contributed by atoms with Crippen LogP contribution in [0.1, 0.15) is 32.1 Å². The van der Waals surface area contributed by atoms with Crippen LogP contribution in [-0.2, 0) is 6.54 Å². The molecule has 23 heavy (non-hydrogen) atoms. The number of aromatic nitrogens is 2. The van der Waals surface area contributed by atoms with Crippen LogP contribution in [0.25, 0.3) is 11.0 Å². The van der Waals surface area contributed by atoms with Gasteiger partial charge in [0.1, 0.15) is 5.75 Å². The molecule has 1 saturated carbocycles. The molecule has 0 N–H and O–H groups in total. The zero-order chi connectivity index (χ0) is 16.2. The van der Waals surface area contributed by atoms with Crippen molar-refractivity contribution in [2.24, 2.45) is 0 Å². The van der Waals surface area contributed by atoms with Gasteiger partial charge in [0.05, 0.1) is 24.3 Å². The molecule has 1 aliphatic carbocycles. The lowest BCUT2D eigenvalue weighted by molar-refractivity contribution is 0.186. The molecule has 0 bridgehead atoms. The first-order chi connectivity index (χ1) is 11.2. The third-order valence-corrected chi connectivity index (χ3v) is 4.92. The standard InChI is InChI=1S/C18H25N3O2/c1-20(14-6-4-3-5-7-14)10-11-21-17-12-15(23-2)13-19-16(17)8-9-18(21)22/h8-9,12-14H,3-7,10-11H2,1-2H3. The van der Waals surface area contributed by atoms with E-state index >= 15 is 0 Å². The van der Waals surface area contributed by atoms with Crippen LogP contribution in [0.2, 0.25) is 0 Å². The Morgan fingerprint density at radius 2 is 2.09 bits per heavy atom. The molecule has 0 amide bonds. The number of hydrogen-bond donors (Lipinski definition) is 0. The van der Waals surface area contributed by atoms with Crippen molar-refractivity contribution < 1.29 is 4.74 Å². The van der Waals surface area contributed by atoms with Crippen LogP contribution < -0.4 is 10.3 Å². The third-order valence-electron chi connectivity index (χ3n) is 4.92. The summed E-state index contributed by atoms with van der Waals surface area (Å²) < 4.78 is 7.06. The first kappa shape index (κ1) is 16.0. The fraction of sp³-hybridized carbons (Fsp3) is 0.556. The minimum Gasteiger partial charge on any atom is -0.495 e. The average Bonchev–Trinajstić information content (AvgIpc) is 2.61. The smallest absolute Gasteiger partial charge is 0.251 e. The van der Waals surface area contributed by atoms with Crippen molar-refractivity contribution in [2.45, 2.75) is 44.7 Å². The summed E-state index contributed by atoms with van der Waals surface area (Å²) in [6.45, 7) is 1.55. The maximum absolute atomic E-state index is 12.3. The van der Waals surface area contributed by atoms with Gasteiger partial charge < -0.3 is 14.2 Å². The monoisotopic (exact) mass is 315 g/mol. The average molecular weight is 315 g/mol. The van der Waals surface area contributed by atoms with E-state index in [4.69, 9.17) is 4.74 Å². The Kier molecular flexibility index (Phi) is 4.96. The topological polar surface area (TPSA) is 47.4 Å². The molecule has 0 saturated heterocycles. The quantitative estimate of drug-likeness (QED) is 0.851. The predicted octanol–water partition coefficient (Wildman–Crippen LogP) is 2.67. The van der Waals surface area contributed by atoms with E-state index in [2.05, 4.69) is 16.9 Å². The molecule has 0 atom stereocenters. The van der Waals surface area contributed by atoms with E-state index in [0.717, 1.165) is 17.6 Å². The zero-order valence-electron chi connectivity index (χ0n) is 14.0. The SMILES string of the molecule is COc1cnc2ccc(=O)n(CCN(C)C3CCCCC3)c2c1. The van der Waals surface area contributed by atoms with Gasteiger partial charge in [0, 0.05) is 31.3 Å². The van der Waals surface area contributed by atoms with Crippen molar-refractivity contribution in [3.05, 3.63) is 34.7 Å². The highest BCUT2D eigenvalue weighted by Crippen LogP contribution is 2.22. The second-order valence-electron chi connectivity index (χ2n) is 6.38. The molecular formula is C18H25N3O2. The van der Waals surface area contributed by atoms with Crippen molar-refractivity contribution in [1.29, 1.82) is 0 Å². The highest BCUT2D eigenvalue weighted by molar-refractivity contribution is 5.75. The van der Waals surface area contributed by atoms with E-state index in [9.17, 15) is 4.79 Å². The Labute approximate surface area is 136 Å². The van der Waals surface area contributed by atoms with Crippen LogP contribution in [0.15, 0.2) is 29.2 Å². The molecule has 5 nitrogen and oxygen atoms in total. The number of rotatable bonds is 5. The highest BCUT2D eigenvalue weighted by Gasteiger charge is 2.18. The summed E-state index contributed by atoms with van der Waals surface area (Å²) in [5, 5.41) is 0. The van der Waals surface area contributed by atoms with E-state index in [0.29, 0.717) is 18.3 Å². The van der Waals surface area contributed by atoms with E-state index in [1.807, 2.05) is 10.6 Å². The molecule has 124 valence electrons. The molecule has 0 radical (unpaired) electrons. The molecule has 3 rings (SSSR count). The molecule has 1 aliphatic rings. The minimum atomic E-state index is 0.0181. The number of hydrogen-bond acceptors (Lipinski definition) is 4. The van der Waals surface area contributed by atoms with Gasteiger partial charge >= 0.3 is 0 Å². The Balaban J connectivity index is 1.81. The molecule has 2 heterocycles. The summed E-state index contributed by atoms with van der Waals surface area (Å²) in [6.07, 6.45) is 8.24. The Morgan fingerprint density at radius 1 is 1.30 bits per heavy atom. The summed E-state index contributed by atoms with van der Waals surface area (Å²) in [5.41, 5.74) is 1.68. The van der Waals surface area contributed by atoms with Gasteiger partial charge in [-0.1, -0.05) is 19.3 Å². The number of nitrogens with zero attached hydrogens (tertiary/aromatic N) is 3. The summed E-state index contributed by atoms with van der Waals surface area (Å²) in [4.78, 5) is 19.1. The second kappa shape index (κ2) is 7.13. The van der Waals surface area contributed by atoms with Crippen LogP contribution in [0, 0.1) is 0 Å². The maximum Gasteiger partial charge on any atom is 0.251 e. The molecule has 5 heteroatoms. The lowest BCUT2D eigenvalue weighted by Crippen LogP contribution is -2.37. The van der Waals surface area contributed by atoms with Gasteiger partial charge in [-0.25, -0.2) is 0 Å². The number of likely N-dealkylation sites (N-methyl/N-ethyl adjacent to an activating group) is 1. The van der Waals surface area contributed by atoms with Gasteiger partial charge in [0.15, 0.2) is 0 Å². The second-order valence-corrected chi connectivity index (χ2v) is 6.38. The van der Waals surface area contributed by atoms with E-state index < -0.39 is 0 Å². The third kappa shape index (κ3) is 3.55. The van der Waals surface area contributed by atoms with Gasteiger partial charge in [-0.3, -0.25) is 9.78 Å². The molecule has 0 aromatic carbocycles. The molecule has 0 aliphatic heterocycles. The summed E-state index contributed by atoms with van der Waals surface area (Å²) in [6, 6.07) is 5.92. The van der Waals surface area contributed by atoms with Crippen LogP contribution in [-0.4, -0.2) is 41.2 Å². The number of fused-ring (bicyclic) bond motifs is 1. The van der Waals surface area contributed by atoms with Crippen molar-refractivity contribution >= 4 is 11.0 Å². The number of ether oxygens (including phenoxy) is 1. The molecular weight excluding hydrogens is 290 g/mol. The minimum absolute atomic E-state index is 0.0181. The number of pyridine rings is 2. The normalized spacial score (nSPS) is 16.1. The summed E-state index contributed by atoms with van der Waals surface area (Å²) in [5.74, 6) is 0.678. The van der Waals surface area contributed by atoms with Crippen molar-refractivity contribution in [3.63, 3.8) is 0 Å². The summed E-state index contributed by atoms with van der Waals surface area (Å²) in [7, 11) is 3.79. The highest BCUT2D eigenvalue weighted by atomic mass is 16.5. The van der Waals surface area contributed by atoms with Gasteiger partial charge in [0.25, 0.3) is 5.56 Å². The van der Waals surface area contributed by atoms with Gasteiger partial charge in [0.2, 0.25) is 0 Å². The molecule has 1 fully saturated rings. The van der Waals surface area contributed by atoms with Crippen LogP contribution in [0.5, 0.6) is 5.75 Å². The molecule has 0 unspecified atom stereocenters. The van der Waals surface area contributed by atoms with Gasteiger partial charge in [-0.2, -0.15) is 0 Å². The van der Waals surface area contributed by atoms with Crippen molar-refractivity contribution in [1.82, 2.24) is 14.5 Å². The van der Waals surface area contributed by atoms with E-state index in [-0.39, 0.29) is 5.56 Å². The summed E-state index contributed by atoms with van der Waals surface area (Å²) >= 11 is 0. The van der Waals surface area contributed by atoms with Crippen LogP contribution in [0.4, 0.5) is 0 Å². The lowest BCUT2D eigenvalue weighted by atomic mass is 9.94. The Morgan fingerprint density at radius 3 is 2.83 bits per heavy atom. The van der Waals surface area contributed by atoms with Crippen LogP contribution in [0.3, 0.4) is 0 Å². The molecule has 0 spiro atoms. The van der Waals surface area contributed by atoms with Crippen LogP contribution >= 0.6 is 0 Å². The first-order valence-corrected chi connectivity index (χ1v) is 8.43. The van der Waals surface area contributed by atoms with Crippen molar-refractivity contribution in [3.8, 4) is 5.75 Å². The molecule has 2 aromatic rings. The Bertz CT molecular complexity index is 720. The van der Waals surface area contributed by atoms with E-state index in [1.54, 1.807) is 25.4 Å². The van der Waals surface area contributed by atoms with Crippen molar-refractivity contribution in [2.75, 3.05) is 20.7 Å². The largest absolute Gasteiger partial charge is 0.495 e. The Hall–Kier alpha value is -1.88. The fourth-order valence-electron chi connectivity index (χ4n) is 3.45. The maximum atomic E-state index is 12.3. The zero-order valence-corrected chi connectivity index (χ0v) is 14.0. The fourth-order valence-corrected chi connectivity index (χ4v) is 3.45. The first-order valence-electron chi connectivity index (χ1n) is 8.43. The van der Waals surface area contributed by atoms with Gasteiger partial charge in [-0.15, -0.1) is 0 Å². The predicted molar refractivity (Wildman–Crippen MR) is 92.1 cm³/mol. The van der Waals surface area contributed by atoms with E-state index in [1.165, 1.54) is 32.1 Å².